The van der Waals surface area contributed by atoms with Gasteiger partial charge in [0.15, 0.2) is 0 Å². The molecule has 3 rings (SSSR count). The number of fused-ring (bicyclic) bond motifs is 1. The molecule has 1 aromatic heterocycles. The SMILES string of the molecule is Fc1ccc(CNc2cnc3ccccc3c2)cc1Cl. The van der Waals surface area contributed by atoms with Gasteiger partial charge in [-0.05, 0) is 29.8 Å². The number of nitrogens with zero attached hydrogens (tertiary/aromatic N) is 1. The molecule has 0 unspecified atom stereocenters. The zero-order valence-electron chi connectivity index (χ0n) is 10.6. The number of nitrogens with one attached hydrogen (secondary N) is 1. The van der Waals surface area contributed by atoms with Gasteiger partial charge in [0.2, 0.25) is 0 Å². The molecule has 1 N–H and O–H groups in total. The quantitative estimate of drug-likeness (QED) is 0.759. The van der Waals surface area contributed by atoms with E-state index in [1.807, 2.05) is 30.3 Å². The van der Waals surface area contributed by atoms with E-state index in [1.54, 1.807) is 18.3 Å². The summed E-state index contributed by atoms with van der Waals surface area (Å²) in [6.45, 7) is 0.569. The van der Waals surface area contributed by atoms with Crippen molar-refractivity contribution in [1.82, 2.24) is 4.98 Å². The van der Waals surface area contributed by atoms with Gasteiger partial charge in [0.1, 0.15) is 5.82 Å². The Morgan fingerprint density at radius 1 is 1.10 bits per heavy atom. The normalized spacial score (nSPS) is 10.7. The molecule has 0 bridgehead atoms. The molecule has 0 atom stereocenters. The predicted molar refractivity (Wildman–Crippen MR) is 80.5 cm³/mol. The first-order valence-corrected chi connectivity index (χ1v) is 6.63. The van der Waals surface area contributed by atoms with Crippen molar-refractivity contribution in [3.05, 3.63) is 71.1 Å². The predicted octanol–water partition coefficient (Wildman–Crippen LogP) is 4.64. The summed E-state index contributed by atoms with van der Waals surface area (Å²) in [5, 5.41) is 4.47. The highest BCUT2D eigenvalue weighted by atomic mass is 35.5. The summed E-state index contributed by atoms with van der Waals surface area (Å²) in [4.78, 5) is 4.38. The second-order valence-corrected chi connectivity index (χ2v) is 4.93. The average Bonchev–Trinajstić information content (AvgIpc) is 2.48. The highest BCUT2D eigenvalue weighted by molar-refractivity contribution is 6.30. The van der Waals surface area contributed by atoms with Crippen molar-refractivity contribution in [1.29, 1.82) is 0 Å². The Hall–Kier alpha value is -2.13. The molecule has 0 fully saturated rings. The first-order chi connectivity index (χ1) is 9.72. The Morgan fingerprint density at radius 2 is 1.95 bits per heavy atom. The van der Waals surface area contributed by atoms with E-state index >= 15 is 0 Å². The van der Waals surface area contributed by atoms with Crippen LogP contribution >= 0.6 is 11.6 Å². The topological polar surface area (TPSA) is 24.9 Å². The van der Waals surface area contributed by atoms with Gasteiger partial charge in [-0.3, -0.25) is 4.98 Å². The maximum Gasteiger partial charge on any atom is 0.141 e. The molecule has 2 nitrogen and oxygen atoms in total. The molecule has 0 radical (unpaired) electrons. The van der Waals surface area contributed by atoms with Gasteiger partial charge in [-0.2, -0.15) is 0 Å². The Morgan fingerprint density at radius 3 is 2.80 bits per heavy atom. The second-order valence-electron chi connectivity index (χ2n) is 4.52. The van der Waals surface area contributed by atoms with E-state index in [4.69, 9.17) is 11.6 Å². The first kappa shape index (κ1) is 12.9. The van der Waals surface area contributed by atoms with Gasteiger partial charge >= 0.3 is 0 Å². The van der Waals surface area contributed by atoms with E-state index in [1.165, 1.54) is 6.07 Å². The van der Waals surface area contributed by atoms with Crippen molar-refractivity contribution in [2.24, 2.45) is 0 Å². The van der Waals surface area contributed by atoms with Crippen molar-refractivity contribution in [2.75, 3.05) is 5.32 Å². The summed E-state index contributed by atoms with van der Waals surface area (Å²) in [6, 6.07) is 14.7. The molecule has 3 aromatic rings. The van der Waals surface area contributed by atoms with Crippen LogP contribution in [0.4, 0.5) is 10.1 Å². The molecule has 2 aromatic carbocycles. The molecular weight excluding hydrogens is 275 g/mol. The summed E-state index contributed by atoms with van der Waals surface area (Å²) >= 11 is 5.76. The van der Waals surface area contributed by atoms with Gasteiger partial charge in [0.25, 0.3) is 0 Å². The maximum absolute atomic E-state index is 13.1. The van der Waals surface area contributed by atoms with Gasteiger partial charge in [-0.15, -0.1) is 0 Å². The van der Waals surface area contributed by atoms with E-state index in [2.05, 4.69) is 10.3 Å². The Kier molecular flexibility index (Phi) is 3.52. The Balaban J connectivity index is 1.77. The fourth-order valence-corrected chi connectivity index (χ4v) is 2.22. The number of rotatable bonds is 3. The van der Waals surface area contributed by atoms with E-state index in [-0.39, 0.29) is 5.02 Å². The van der Waals surface area contributed by atoms with Gasteiger partial charge < -0.3 is 5.32 Å². The van der Waals surface area contributed by atoms with Gasteiger partial charge in [0.05, 0.1) is 22.4 Å². The lowest BCUT2D eigenvalue weighted by Gasteiger charge is -2.08. The molecule has 1 heterocycles. The van der Waals surface area contributed by atoms with Crippen LogP contribution < -0.4 is 5.32 Å². The van der Waals surface area contributed by atoms with Crippen molar-refractivity contribution in [3.8, 4) is 0 Å². The molecule has 4 heteroatoms. The van der Waals surface area contributed by atoms with Crippen molar-refractivity contribution < 1.29 is 4.39 Å². The summed E-state index contributed by atoms with van der Waals surface area (Å²) in [5.41, 5.74) is 2.80. The summed E-state index contributed by atoms with van der Waals surface area (Å²) < 4.78 is 13.1. The number of benzene rings is 2. The van der Waals surface area contributed by atoms with Crippen LogP contribution in [0.5, 0.6) is 0 Å². The lowest BCUT2D eigenvalue weighted by Crippen LogP contribution is -2.00. The summed E-state index contributed by atoms with van der Waals surface area (Å²) in [6.07, 6.45) is 1.79. The standard InChI is InChI=1S/C16H12ClFN2/c17-14-7-11(5-6-15(14)18)9-19-13-8-12-3-1-2-4-16(12)20-10-13/h1-8,10,19H,9H2. The van der Waals surface area contributed by atoms with E-state index < -0.39 is 5.82 Å². The molecule has 0 spiro atoms. The van der Waals surface area contributed by atoms with Crippen LogP contribution in [0.25, 0.3) is 10.9 Å². The van der Waals surface area contributed by atoms with E-state index in [0.29, 0.717) is 6.54 Å². The molecule has 0 aliphatic carbocycles. The van der Waals surface area contributed by atoms with Crippen LogP contribution in [-0.4, -0.2) is 4.98 Å². The number of anilines is 1. The number of hydrogen-bond donors (Lipinski definition) is 1. The van der Waals surface area contributed by atoms with Gasteiger partial charge in [-0.1, -0.05) is 35.9 Å². The van der Waals surface area contributed by atoms with Crippen LogP contribution in [0.1, 0.15) is 5.56 Å². The molecule has 0 saturated carbocycles. The highest BCUT2D eigenvalue weighted by Crippen LogP contribution is 2.19. The van der Waals surface area contributed by atoms with Crippen LogP contribution in [0.2, 0.25) is 5.02 Å². The second kappa shape index (κ2) is 5.47. The van der Waals surface area contributed by atoms with Crippen molar-refractivity contribution in [3.63, 3.8) is 0 Å². The number of aromatic nitrogens is 1. The average molecular weight is 287 g/mol. The fraction of sp³-hybridized carbons (Fsp3) is 0.0625. The van der Waals surface area contributed by atoms with Crippen LogP contribution in [0.15, 0.2) is 54.7 Å². The molecule has 0 aliphatic rings. The minimum atomic E-state index is -0.400. The largest absolute Gasteiger partial charge is 0.380 e. The minimum Gasteiger partial charge on any atom is -0.380 e. The zero-order valence-corrected chi connectivity index (χ0v) is 11.4. The third-order valence-electron chi connectivity index (χ3n) is 3.07. The van der Waals surface area contributed by atoms with Crippen molar-refractivity contribution in [2.45, 2.75) is 6.54 Å². The zero-order chi connectivity index (χ0) is 13.9. The number of para-hydroxylation sites is 1. The Bertz CT molecular complexity index is 758. The van der Waals surface area contributed by atoms with Gasteiger partial charge in [-0.25, -0.2) is 4.39 Å². The maximum atomic E-state index is 13.1. The molecular formula is C16H12ClFN2. The first-order valence-electron chi connectivity index (χ1n) is 6.25. The minimum absolute atomic E-state index is 0.140. The monoisotopic (exact) mass is 286 g/mol. The molecule has 100 valence electrons. The lowest BCUT2D eigenvalue weighted by molar-refractivity contribution is 0.627. The lowest BCUT2D eigenvalue weighted by atomic mass is 10.2. The molecule has 20 heavy (non-hydrogen) atoms. The third-order valence-corrected chi connectivity index (χ3v) is 3.36. The summed E-state index contributed by atoms with van der Waals surface area (Å²) in [5.74, 6) is -0.400. The Labute approximate surface area is 121 Å². The van der Waals surface area contributed by atoms with Crippen LogP contribution in [-0.2, 0) is 6.54 Å². The van der Waals surface area contributed by atoms with E-state index in [9.17, 15) is 4.39 Å². The third kappa shape index (κ3) is 2.73. The summed E-state index contributed by atoms with van der Waals surface area (Å²) in [7, 11) is 0. The molecule has 0 saturated heterocycles. The molecule has 0 amide bonds. The number of pyridine rings is 1. The van der Waals surface area contributed by atoms with Crippen LogP contribution in [0.3, 0.4) is 0 Å². The van der Waals surface area contributed by atoms with Crippen molar-refractivity contribution >= 4 is 28.2 Å². The van der Waals surface area contributed by atoms with Gasteiger partial charge in [0, 0.05) is 11.9 Å². The molecule has 0 aliphatic heterocycles. The highest BCUT2D eigenvalue weighted by Gasteiger charge is 2.01. The number of halogens is 2. The smallest absolute Gasteiger partial charge is 0.141 e. The fourth-order valence-electron chi connectivity index (χ4n) is 2.02. The number of hydrogen-bond acceptors (Lipinski definition) is 2. The van der Waals surface area contributed by atoms with Crippen LogP contribution in [0, 0.1) is 5.82 Å². The van der Waals surface area contributed by atoms with E-state index in [0.717, 1.165) is 22.2 Å².